The fourth-order valence-corrected chi connectivity index (χ4v) is 15.1. The molecule has 0 aliphatic carbocycles. The molecule has 8 aromatic heterocycles. The summed E-state index contributed by atoms with van der Waals surface area (Å²) in [5.74, 6) is 0. The highest BCUT2D eigenvalue weighted by molar-refractivity contribution is 6.32. The van der Waals surface area contributed by atoms with Crippen molar-refractivity contribution < 1.29 is 0 Å². The average molecular weight is 1370 g/mol. The number of nitrogens with zero attached hydrogens (tertiary/aromatic N) is 4. The summed E-state index contributed by atoms with van der Waals surface area (Å²) < 4.78 is 0. The van der Waals surface area contributed by atoms with E-state index in [0.717, 1.165) is 155 Å². The zero-order valence-corrected chi connectivity index (χ0v) is 66.0. The molecule has 0 spiro atoms. The number of H-pyrrole nitrogens is 4. The second-order valence-electron chi connectivity index (χ2n) is 38.3. The van der Waals surface area contributed by atoms with Crippen LogP contribution in [0.2, 0.25) is 0 Å². The normalized spacial score (nSPS) is 13.7. The Morgan fingerprint density at radius 2 is 0.481 bits per heavy atom. The highest BCUT2D eigenvalue weighted by Gasteiger charge is 2.30. The van der Waals surface area contributed by atoms with Gasteiger partial charge in [-0.25, -0.2) is 19.9 Å². The first-order valence-corrected chi connectivity index (χ1v) is 37.5. The maximum absolute atomic E-state index is 6.21. The minimum atomic E-state index is -0.162. The minimum Gasteiger partial charge on any atom is -0.355 e. The molecule has 10 heterocycles. The van der Waals surface area contributed by atoms with Crippen LogP contribution in [0.5, 0.6) is 0 Å². The largest absolute Gasteiger partial charge is 0.355 e. The summed E-state index contributed by atoms with van der Waals surface area (Å²) in [6, 6.07) is 55.9. The van der Waals surface area contributed by atoms with Crippen LogP contribution in [0.3, 0.4) is 0 Å². The van der Waals surface area contributed by atoms with E-state index in [4.69, 9.17) is 19.9 Å². The van der Waals surface area contributed by atoms with E-state index in [0.29, 0.717) is 0 Å². The Morgan fingerprint density at radius 3 is 0.760 bits per heavy atom. The topological polar surface area (TPSA) is 115 Å². The third kappa shape index (κ3) is 12.8. The van der Waals surface area contributed by atoms with E-state index < -0.39 is 0 Å². The van der Waals surface area contributed by atoms with Gasteiger partial charge in [0.1, 0.15) is 0 Å². The van der Waals surface area contributed by atoms with Gasteiger partial charge >= 0.3 is 0 Å². The SMILES string of the molecule is CC(C)(C)c1cc(-c2c3nc(cc4ccc([nH]4)c(-c4cc(C(C)(C)C)cc(C(C)(C)C)c4)c4cc5c(n4)c(c4ccc2[nH]4)c2cc4nc2c5c2ccc([nH]2)c(-c2cc(C(C)(C)C)cc(C(C)(C)C)c2)c2nc(cc5ccc([nH]5)c4-c4cc(C(C)(C)C)cc(C(C)(C)C)c4)C=C2)C=C3)cc(C(C)(C)C)c1. The van der Waals surface area contributed by atoms with Crippen LogP contribution >= 0.6 is 0 Å². The Morgan fingerprint density at radius 1 is 0.231 bits per heavy atom. The fourth-order valence-electron chi connectivity index (χ4n) is 15.1. The number of benzene rings is 5. The van der Waals surface area contributed by atoms with E-state index in [1.807, 2.05) is 0 Å². The van der Waals surface area contributed by atoms with Gasteiger partial charge in [-0.2, -0.15) is 0 Å². The summed E-state index contributed by atoms with van der Waals surface area (Å²) in [7, 11) is 0. The van der Waals surface area contributed by atoms with Crippen molar-refractivity contribution in [2.24, 2.45) is 0 Å². The van der Waals surface area contributed by atoms with Crippen LogP contribution in [0.15, 0.2) is 146 Å². The van der Waals surface area contributed by atoms with Crippen molar-refractivity contribution in [2.75, 3.05) is 0 Å². The minimum absolute atomic E-state index is 0.134. The van der Waals surface area contributed by atoms with Gasteiger partial charge in [0.25, 0.3) is 0 Å². The predicted octanol–water partition coefficient (Wildman–Crippen LogP) is 26.6. The van der Waals surface area contributed by atoms with Gasteiger partial charge in [-0.15, -0.1) is 0 Å². The Balaban J connectivity index is 1.21. The highest BCUT2D eigenvalue weighted by atomic mass is 14.8. The van der Waals surface area contributed by atoms with Gasteiger partial charge in [0.2, 0.25) is 0 Å². The van der Waals surface area contributed by atoms with Crippen molar-refractivity contribution in [3.8, 4) is 44.5 Å². The van der Waals surface area contributed by atoms with E-state index in [1.165, 1.54) is 44.5 Å². The quantitative estimate of drug-likeness (QED) is 0.141. The molecule has 4 N–H and O–H groups in total. The molecule has 0 fully saturated rings. The zero-order valence-electron chi connectivity index (χ0n) is 66.0. The molecule has 0 saturated carbocycles. The molecule has 13 aromatic rings. The second-order valence-corrected chi connectivity index (χ2v) is 38.3. The molecule has 0 radical (unpaired) electrons. The number of rotatable bonds is 4. The molecule has 8 nitrogen and oxygen atoms in total. The van der Waals surface area contributed by atoms with Crippen molar-refractivity contribution in [3.05, 3.63) is 213 Å². The van der Waals surface area contributed by atoms with Crippen LogP contribution < -0.4 is 0 Å². The van der Waals surface area contributed by atoms with Gasteiger partial charge in [-0.3, -0.25) is 0 Å². The van der Waals surface area contributed by atoms with E-state index in [9.17, 15) is 0 Å². The monoisotopic (exact) mass is 1370 g/mol. The second kappa shape index (κ2) is 23.8. The van der Waals surface area contributed by atoms with Gasteiger partial charge in [0, 0.05) is 87.9 Å². The zero-order chi connectivity index (χ0) is 74.2. The third-order valence-electron chi connectivity index (χ3n) is 21.7. The number of aromatic nitrogens is 8. The summed E-state index contributed by atoms with van der Waals surface area (Å²) in [6.07, 6.45) is 8.72. The van der Waals surface area contributed by atoms with Gasteiger partial charge in [0.15, 0.2) is 0 Å². The van der Waals surface area contributed by atoms with Crippen molar-refractivity contribution in [1.29, 1.82) is 0 Å². The molecule has 8 heteroatoms. The summed E-state index contributed by atoms with van der Waals surface area (Å²) >= 11 is 0. The summed E-state index contributed by atoms with van der Waals surface area (Å²) in [4.78, 5) is 39.9. The Hall–Kier alpha value is -9.92. The Kier molecular flexibility index (Phi) is 16.0. The van der Waals surface area contributed by atoms with Gasteiger partial charge in [-0.05, 0) is 207 Å². The number of fused-ring (bicyclic) bond motifs is 18. The summed E-state index contributed by atoms with van der Waals surface area (Å²) in [5, 5.41) is 3.88. The van der Waals surface area contributed by atoms with Crippen molar-refractivity contribution >= 4 is 112 Å². The smallest absolute Gasteiger partial charge is 0.0817 e. The molecule has 0 amide bonds. The lowest BCUT2D eigenvalue weighted by Crippen LogP contribution is -2.16. The molecular weight excluding hydrogens is 1270 g/mol. The molecule has 2 aliphatic heterocycles. The number of aromatic amines is 4. The fraction of sp³-hybridized carbons (Fsp3) is 0.333. The molecule has 104 heavy (non-hydrogen) atoms. The third-order valence-corrected chi connectivity index (χ3v) is 21.7. The first-order chi connectivity index (χ1) is 48.5. The number of hydrogen-bond donors (Lipinski definition) is 4. The maximum atomic E-state index is 6.21. The van der Waals surface area contributed by atoms with Crippen LogP contribution in [0, 0.1) is 0 Å². The first kappa shape index (κ1) is 69.8. The van der Waals surface area contributed by atoms with Crippen LogP contribution in [0.4, 0.5) is 0 Å². The van der Waals surface area contributed by atoms with Crippen molar-refractivity contribution in [3.63, 3.8) is 0 Å². The first-order valence-electron chi connectivity index (χ1n) is 37.5. The van der Waals surface area contributed by atoms with Crippen LogP contribution in [0.25, 0.3) is 157 Å². The maximum Gasteiger partial charge on any atom is 0.0817 e. The lowest BCUT2D eigenvalue weighted by molar-refractivity contribution is 0.568. The molecule has 16 bridgehead atoms. The van der Waals surface area contributed by atoms with Gasteiger partial charge in [-0.1, -0.05) is 239 Å². The van der Waals surface area contributed by atoms with E-state index >= 15 is 0 Å². The lowest BCUT2D eigenvalue weighted by atomic mass is 9.78. The molecule has 0 unspecified atom stereocenters. The van der Waals surface area contributed by atoms with Crippen molar-refractivity contribution in [2.45, 2.75) is 209 Å². The average Bonchev–Trinajstić information content (AvgIpc) is 1.56. The lowest BCUT2D eigenvalue weighted by Gasteiger charge is -2.26. The molecule has 0 atom stereocenters. The molecule has 0 saturated heterocycles. The Bertz CT molecular complexity index is 5540. The van der Waals surface area contributed by atoms with Gasteiger partial charge in [0.05, 0.1) is 44.8 Å². The van der Waals surface area contributed by atoms with E-state index in [-0.39, 0.29) is 43.3 Å². The predicted molar refractivity (Wildman–Crippen MR) is 448 cm³/mol. The van der Waals surface area contributed by atoms with Crippen molar-refractivity contribution in [1.82, 2.24) is 39.9 Å². The molecule has 2 aliphatic rings. The molecular formula is C96H104N8. The molecule has 5 aromatic carbocycles. The van der Waals surface area contributed by atoms with Crippen LogP contribution in [-0.4, -0.2) is 39.9 Å². The standard InChI is InChI=1S/C96H104N8/c1-89(2,3)57-37-53(38-58(45-57)90(4,5)6)81-71-29-25-65(97-71)49-67-27-31-73(99-67)83(55-41-61(93(13,14)15)47-62(42-55)94(16,17)18)80-52-70-86-78-36-34-76(102-78)82(54-39-59(91(7,8)9)46-60(40-54)92(10,11)12)72-30-26-66(98-72)50-68-28-32-74(100-68)84(56-43-63(95(19,20)21)48-64(44-56)96(22,23)24)79-51-69(88(86)104-79)85(87(70)103-80)77-35-33-75(81)101-77/h25-52,99-102H,1-24H3. The Labute approximate surface area is 615 Å². The molecule has 528 valence electrons. The number of nitrogens with one attached hydrogen (secondary N) is 4. The highest BCUT2D eigenvalue weighted by Crippen LogP contribution is 2.48. The van der Waals surface area contributed by atoms with E-state index in [1.54, 1.807) is 0 Å². The molecule has 15 rings (SSSR count). The van der Waals surface area contributed by atoms with Gasteiger partial charge < -0.3 is 19.9 Å². The summed E-state index contributed by atoms with van der Waals surface area (Å²) in [6.45, 7) is 55.6. The van der Waals surface area contributed by atoms with E-state index in [2.05, 4.69) is 356 Å². The number of hydrogen-bond acceptors (Lipinski definition) is 4. The summed E-state index contributed by atoms with van der Waals surface area (Å²) in [5.41, 5.74) is 31.9. The van der Waals surface area contributed by atoms with Crippen LogP contribution in [-0.2, 0) is 43.3 Å². The van der Waals surface area contributed by atoms with Crippen LogP contribution in [0.1, 0.15) is 233 Å².